The molecule has 0 aliphatic heterocycles. The Bertz CT molecular complexity index is 704. The summed E-state index contributed by atoms with van der Waals surface area (Å²) in [6.07, 6.45) is 1.28. The lowest BCUT2D eigenvalue weighted by Gasteiger charge is -2.11. The Morgan fingerprint density at radius 1 is 1.29 bits per heavy atom. The molecule has 0 fully saturated rings. The molecule has 0 unspecified atom stereocenters. The Balaban J connectivity index is 2.50. The Labute approximate surface area is 123 Å². The van der Waals surface area contributed by atoms with Crippen LogP contribution in [0.3, 0.4) is 0 Å². The number of carbonyl (C=O) groups excluding carboxylic acids is 1. The van der Waals surface area contributed by atoms with E-state index in [1.54, 1.807) is 0 Å². The van der Waals surface area contributed by atoms with Gasteiger partial charge >= 0.3 is 0 Å². The molecule has 0 atom stereocenters. The van der Waals surface area contributed by atoms with Crippen LogP contribution < -0.4 is 5.73 Å². The highest BCUT2D eigenvalue weighted by atomic mass is 19.1. The number of nitrogens with two attached hydrogens (primary N) is 1. The van der Waals surface area contributed by atoms with Gasteiger partial charge in [0.2, 0.25) is 5.95 Å². The van der Waals surface area contributed by atoms with Gasteiger partial charge in [-0.25, -0.2) is 4.68 Å². The summed E-state index contributed by atoms with van der Waals surface area (Å²) < 4.78 is 15.0. The van der Waals surface area contributed by atoms with Gasteiger partial charge in [0.1, 0.15) is 5.56 Å². The lowest BCUT2D eigenvalue weighted by atomic mass is 9.94. The van der Waals surface area contributed by atoms with Gasteiger partial charge in [-0.2, -0.15) is 9.49 Å². The van der Waals surface area contributed by atoms with E-state index >= 15 is 0 Å². The normalized spacial score (nSPS) is 10.9. The van der Waals surface area contributed by atoms with Gasteiger partial charge in [0, 0.05) is 13.5 Å². The minimum Gasteiger partial charge on any atom is -0.365 e. The molecule has 1 heterocycles. The summed E-state index contributed by atoms with van der Waals surface area (Å²) in [5, 5.41) is 4.10. The van der Waals surface area contributed by atoms with E-state index in [2.05, 4.69) is 31.1 Å². The van der Waals surface area contributed by atoms with Crippen molar-refractivity contribution in [2.75, 3.05) is 0 Å². The first-order valence-electron chi connectivity index (χ1n) is 6.95. The summed E-state index contributed by atoms with van der Waals surface area (Å²) in [4.78, 5) is 11.5. The molecule has 21 heavy (non-hydrogen) atoms. The van der Waals surface area contributed by atoms with Crippen molar-refractivity contribution in [2.45, 2.75) is 33.6 Å². The summed E-state index contributed by atoms with van der Waals surface area (Å²) in [5.74, 6) is -1.46. The zero-order valence-electron chi connectivity index (χ0n) is 12.8. The van der Waals surface area contributed by atoms with Crippen molar-refractivity contribution in [3.8, 4) is 0 Å². The molecule has 1 aromatic carbocycles. The number of hydrogen-bond donors (Lipinski definition) is 1. The molecule has 5 heteroatoms. The van der Waals surface area contributed by atoms with Gasteiger partial charge in [-0.15, -0.1) is 0 Å². The van der Waals surface area contributed by atoms with E-state index in [1.807, 2.05) is 6.92 Å². The molecule has 2 aromatic rings. The first-order chi connectivity index (χ1) is 9.85. The average molecular weight is 289 g/mol. The number of primary amides is 1. The zero-order chi connectivity index (χ0) is 15.7. The molecule has 0 aliphatic rings. The van der Waals surface area contributed by atoms with Crippen LogP contribution in [0.25, 0.3) is 0 Å². The molecule has 112 valence electrons. The van der Waals surface area contributed by atoms with Gasteiger partial charge in [-0.1, -0.05) is 19.1 Å². The molecule has 0 radical (unpaired) electrons. The van der Waals surface area contributed by atoms with Crippen LogP contribution >= 0.6 is 0 Å². The second-order valence-corrected chi connectivity index (χ2v) is 5.34. The maximum absolute atomic E-state index is 13.9. The predicted octanol–water partition coefficient (Wildman–Crippen LogP) is 2.43. The molecule has 2 rings (SSSR count). The van der Waals surface area contributed by atoms with Crippen molar-refractivity contribution in [2.24, 2.45) is 12.8 Å². The van der Waals surface area contributed by atoms with E-state index < -0.39 is 11.9 Å². The van der Waals surface area contributed by atoms with Crippen molar-refractivity contribution in [1.82, 2.24) is 9.78 Å². The van der Waals surface area contributed by atoms with Gasteiger partial charge in [-0.3, -0.25) is 4.79 Å². The number of aromatic nitrogens is 2. The fourth-order valence-electron chi connectivity index (χ4n) is 2.53. The van der Waals surface area contributed by atoms with E-state index in [9.17, 15) is 9.18 Å². The standard InChI is InChI=1S/C16H20FN3O/c1-5-11-6-9(2)10(3)7-12(11)8-13-14(16(18)21)15(17)20(4)19-13/h6-7H,5,8H2,1-4H3,(H2,18,21). The van der Waals surface area contributed by atoms with Crippen LogP contribution in [0, 0.1) is 19.8 Å². The molecule has 0 aliphatic carbocycles. The van der Waals surface area contributed by atoms with E-state index in [-0.39, 0.29) is 5.56 Å². The highest BCUT2D eigenvalue weighted by Gasteiger charge is 2.21. The second kappa shape index (κ2) is 5.68. The molecule has 4 nitrogen and oxygen atoms in total. The Morgan fingerprint density at radius 2 is 1.86 bits per heavy atom. The number of amides is 1. The number of carbonyl (C=O) groups is 1. The number of nitrogens with zero attached hydrogens (tertiary/aromatic N) is 2. The Hall–Kier alpha value is -2.17. The fraction of sp³-hybridized carbons (Fsp3) is 0.375. The second-order valence-electron chi connectivity index (χ2n) is 5.34. The Morgan fingerprint density at radius 3 is 2.38 bits per heavy atom. The number of hydrogen-bond acceptors (Lipinski definition) is 2. The van der Waals surface area contributed by atoms with E-state index in [0.29, 0.717) is 12.1 Å². The molecular weight excluding hydrogens is 269 g/mol. The summed E-state index contributed by atoms with van der Waals surface area (Å²) in [6, 6.07) is 4.21. The van der Waals surface area contributed by atoms with Gasteiger partial charge in [0.15, 0.2) is 0 Å². The van der Waals surface area contributed by atoms with Crippen molar-refractivity contribution >= 4 is 5.91 Å². The molecule has 0 saturated heterocycles. The van der Waals surface area contributed by atoms with Crippen LogP contribution in [0.15, 0.2) is 12.1 Å². The topological polar surface area (TPSA) is 60.9 Å². The van der Waals surface area contributed by atoms with Crippen LogP contribution in [0.1, 0.15) is 45.2 Å². The third kappa shape index (κ3) is 2.82. The molecule has 0 saturated carbocycles. The third-order valence-electron chi connectivity index (χ3n) is 3.85. The molecular formula is C16H20FN3O. The van der Waals surface area contributed by atoms with Crippen molar-refractivity contribution in [3.05, 3.63) is 51.6 Å². The van der Waals surface area contributed by atoms with Gasteiger partial charge in [0.25, 0.3) is 5.91 Å². The fourth-order valence-corrected chi connectivity index (χ4v) is 2.53. The first kappa shape index (κ1) is 15.2. The lowest BCUT2D eigenvalue weighted by Crippen LogP contribution is -2.15. The van der Waals surface area contributed by atoms with Gasteiger partial charge in [-0.05, 0) is 42.5 Å². The molecule has 0 spiro atoms. The van der Waals surface area contributed by atoms with Crippen LogP contribution in [0.5, 0.6) is 0 Å². The maximum atomic E-state index is 13.9. The van der Waals surface area contributed by atoms with Crippen LogP contribution in [-0.2, 0) is 19.9 Å². The highest BCUT2D eigenvalue weighted by molar-refractivity contribution is 5.94. The first-order valence-corrected chi connectivity index (χ1v) is 6.95. The quantitative estimate of drug-likeness (QED) is 0.939. The van der Waals surface area contributed by atoms with Crippen molar-refractivity contribution in [1.29, 1.82) is 0 Å². The number of benzene rings is 1. The van der Waals surface area contributed by atoms with Crippen LogP contribution in [0.4, 0.5) is 4.39 Å². The summed E-state index contributed by atoms with van der Waals surface area (Å²) in [7, 11) is 1.46. The van der Waals surface area contributed by atoms with Gasteiger partial charge in [0.05, 0.1) is 5.69 Å². The van der Waals surface area contributed by atoms with E-state index in [0.717, 1.165) is 16.7 Å². The third-order valence-corrected chi connectivity index (χ3v) is 3.85. The predicted molar refractivity (Wildman–Crippen MR) is 79.8 cm³/mol. The SMILES string of the molecule is CCc1cc(C)c(C)cc1Cc1nn(C)c(F)c1C(N)=O. The largest absolute Gasteiger partial charge is 0.365 e. The average Bonchev–Trinajstić information content (AvgIpc) is 2.69. The molecule has 0 bridgehead atoms. The molecule has 2 N–H and O–H groups in total. The van der Waals surface area contributed by atoms with Crippen LogP contribution in [-0.4, -0.2) is 15.7 Å². The zero-order valence-corrected chi connectivity index (χ0v) is 12.8. The minimum atomic E-state index is -0.780. The maximum Gasteiger partial charge on any atom is 0.255 e. The molecule has 1 aromatic heterocycles. The number of halogens is 1. The minimum absolute atomic E-state index is 0.113. The number of aryl methyl sites for hydroxylation is 4. The smallest absolute Gasteiger partial charge is 0.255 e. The molecule has 1 amide bonds. The Kier molecular flexibility index (Phi) is 4.11. The van der Waals surface area contributed by atoms with Crippen molar-refractivity contribution in [3.63, 3.8) is 0 Å². The highest BCUT2D eigenvalue weighted by Crippen LogP contribution is 2.22. The van der Waals surface area contributed by atoms with E-state index in [4.69, 9.17) is 5.73 Å². The monoisotopic (exact) mass is 289 g/mol. The number of rotatable bonds is 4. The van der Waals surface area contributed by atoms with E-state index in [1.165, 1.54) is 23.7 Å². The van der Waals surface area contributed by atoms with Crippen LogP contribution in [0.2, 0.25) is 0 Å². The summed E-state index contributed by atoms with van der Waals surface area (Å²) in [6.45, 7) is 6.17. The summed E-state index contributed by atoms with van der Waals surface area (Å²) in [5.41, 5.74) is 10.2. The lowest BCUT2D eigenvalue weighted by molar-refractivity contribution is 0.0995. The summed E-state index contributed by atoms with van der Waals surface area (Å²) >= 11 is 0. The van der Waals surface area contributed by atoms with Gasteiger partial charge < -0.3 is 5.73 Å². The van der Waals surface area contributed by atoms with Crippen molar-refractivity contribution < 1.29 is 9.18 Å².